The van der Waals surface area contributed by atoms with Gasteiger partial charge in [0.25, 0.3) is 5.91 Å². The van der Waals surface area contributed by atoms with Crippen molar-refractivity contribution in [1.82, 2.24) is 5.32 Å². The van der Waals surface area contributed by atoms with E-state index in [1.165, 1.54) is 58.9 Å². The minimum absolute atomic E-state index is 0.0398. The summed E-state index contributed by atoms with van der Waals surface area (Å²) in [5, 5.41) is 28.8. The predicted octanol–water partition coefficient (Wildman–Crippen LogP) is 5.43. The van der Waals surface area contributed by atoms with Crippen molar-refractivity contribution in [2.45, 2.75) is 115 Å². The highest BCUT2D eigenvalue weighted by molar-refractivity contribution is 5.96. The Kier molecular flexibility index (Phi) is 13.6. The second-order valence-electron chi connectivity index (χ2n) is 18.5. The van der Waals surface area contributed by atoms with E-state index in [1.807, 2.05) is 0 Å². The Balaban J connectivity index is 1.43. The Bertz CT molecular complexity index is 2530. The maximum Gasteiger partial charge on any atom is 0.514 e. The van der Waals surface area contributed by atoms with Gasteiger partial charge in [-0.1, -0.05) is 87.2 Å². The summed E-state index contributed by atoms with van der Waals surface area (Å²) in [6, 6.07) is 22.5. The molecule has 1 saturated heterocycles. The molecule has 2 saturated carbocycles. The van der Waals surface area contributed by atoms with Gasteiger partial charge in [-0.05, 0) is 61.7 Å². The molecule has 1 heterocycles. The molecule has 3 aromatic carbocycles. The number of aliphatic hydroxyl groups excluding tert-OH is 1. The molecule has 3 aliphatic carbocycles. The molecule has 7 rings (SSSR count). The number of hydrogen-bond donors (Lipinski definition) is 3. The molecule has 0 aromatic heterocycles. The van der Waals surface area contributed by atoms with Crippen molar-refractivity contribution in [2.75, 3.05) is 6.61 Å². The second-order valence-corrected chi connectivity index (χ2v) is 18.5. The van der Waals surface area contributed by atoms with Crippen LogP contribution in [0.3, 0.4) is 0 Å². The normalized spacial score (nSPS) is 29.9. The van der Waals surface area contributed by atoms with Crippen LogP contribution in [0.2, 0.25) is 0 Å². The van der Waals surface area contributed by atoms with Gasteiger partial charge in [-0.25, -0.2) is 14.4 Å². The molecule has 68 heavy (non-hydrogen) atoms. The molecule has 2 bridgehead atoms. The number of ether oxygens (including phenoxy) is 7. The smallest absolute Gasteiger partial charge is 0.455 e. The molecule has 17 heteroatoms. The van der Waals surface area contributed by atoms with E-state index < -0.39 is 119 Å². The third-order valence-electron chi connectivity index (χ3n) is 13.9. The molecule has 1 amide bonds. The molecule has 2 unspecified atom stereocenters. The molecule has 3 fully saturated rings. The maximum atomic E-state index is 15.7. The number of amides is 1. The van der Waals surface area contributed by atoms with E-state index in [0.717, 1.165) is 13.8 Å². The van der Waals surface area contributed by atoms with E-state index in [0.29, 0.717) is 5.56 Å². The number of nitrogens with one attached hydrogen (secondary N) is 1. The van der Waals surface area contributed by atoms with E-state index in [-0.39, 0.29) is 41.1 Å². The Morgan fingerprint density at radius 3 is 1.96 bits per heavy atom. The molecule has 3 N–H and O–H groups in total. The third-order valence-corrected chi connectivity index (χ3v) is 13.9. The van der Waals surface area contributed by atoms with Crippen LogP contribution in [0.4, 0.5) is 4.79 Å². The van der Waals surface area contributed by atoms with E-state index in [4.69, 9.17) is 33.2 Å². The quantitative estimate of drug-likeness (QED) is 0.0889. The van der Waals surface area contributed by atoms with E-state index in [1.54, 1.807) is 66.7 Å². The molecule has 0 radical (unpaired) electrons. The average molecular weight is 938 g/mol. The summed E-state index contributed by atoms with van der Waals surface area (Å²) in [5.41, 5.74) is -7.53. The number of aliphatic hydroxyl groups is 2. The molecule has 11 atom stereocenters. The summed E-state index contributed by atoms with van der Waals surface area (Å²) < 4.78 is 41.4. The van der Waals surface area contributed by atoms with Crippen LogP contribution in [0.1, 0.15) is 93.6 Å². The topological polar surface area (TPSA) is 237 Å². The number of allylic oxidation sites excluding steroid dienone is 1. The highest BCUT2D eigenvalue weighted by Crippen LogP contribution is 2.64. The van der Waals surface area contributed by atoms with Crippen molar-refractivity contribution in [3.05, 3.63) is 131 Å². The van der Waals surface area contributed by atoms with Crippen molar-refractivity contribution >= 4 is 41.7 Å². The van der Waals surface area contributed by atoms with Crippen LogP contribution < -0.4 is 5.32 Å². The Hall–Kier alpha value is -6.69. The van der Waals surface area contributed by atoms with Gasteiger partial charge in [0.05, 0.1) is 29.6 Å². The molecule has 1 aliphatic heterocycles. The van der Waals surface area contributed by atoms with Gasteiger partial charge in [0, 0.05) is 37.7 Å². The lowest BCUT2D eigenvalue weighted by Crippen LogP contribution is -2.82. The molecule has 0 spiro atoms. The standard InChI is InChI=1S/C51H55NO16/c1-27(2)63-47(60)66-40(38(31-18-12-9-13-19-31)52-44(57)32-20-14-10-15-21-32)46(59)65-34-25-51(61)43(67-45(58)33-22-16-11-17-23-33)41-49(8,35(55)24-36-50(41,26-62-36)68-30(5)54)42(56)39(64-29(4)53)37(28(34)3)48(51,6)7/h9-23,34-36,38-41,43,55,61H,1,24-26H2,2-8H3,(H,52,57)/t34-,35-,36?,38-,39+,40+,41?,43-,49+,50-,51+/m0/s1. The zero-order chi connectivity index (χ0) is 49.5. The fourth-order valence-electron chi connectivity index (χ4n) is 10.6. The maximum absolute atomic E-state index is 15.7. The predicted molar refractivity (Wildman–Crippen MR) is 238 cm³/mol. The fourth-order valence-corrected chi connectivity index (χ4v) is 10.6. The minimum Gasteiger partial charge on any atom is -0.455 e. The van der Waals surface area contributed by atoms with Crippen LogP contribution >= 0.6 is 0 Å². The lowest BCUT2D eigenvalue weighted by molar-refractivity contribution is -0.346. The zero-order valence-corrected chi connectivity index (χ0v) is 38.7. The third kappa shape index (κ3) is 8.69. The van der Waals surface area contributed by atoms with Crippen LogP contribution in [0.5, 0.6) is 0 Å². The first-order valence-electron chi connectivity index (χ1n) is 22.1. The molecular formula is C51H55NO16. The van der Waals surface area contributed by atoms with Crippen LogP contribution in [0, 0.1) is 16.7 Å². The number of rotatable bonds is 12. The van der Waals surface area contributed by atoms with Crippen LogP contribution in [0.15, 0.2) is 114 Å². The van der Waals surface area contributed by atoms with Crippen LogP contribution in [-0.2, 0) is 52.3 Å². The van der Waals surface area contributed by atoms with E-state index >= 15 is 9.59 Å². The second kappa shape index (κ2) is 18.8. The first-order chi connectivity index (χ1) is 32.1. The summed E-state index contributed by atoms with van der Waals surface area (Å²) in [6.45, 7) is 12.8. The van der Waals surface area contributed by atoms with Crippen LogP contribution in [0.25, 0.3) is 0 Å². The van der Waals surface area contributed by atoms with Crippen molar-refractivity contribution in [3.8, 4) is 0 Å². The Morgan fingerprint density at radius 1 is 0.824 bits per heavy atom. The molecule has 17 nitrogen and oxygen atoms in total. The number of esters is 4. The first kappa shape index (κ1) is 49.2. The number of ketones is 1. The van der Waals surface area contributed by atoms with Gasteiger partial charge in [0.15, 0.2) is 17.5 Å². The summed E-state index contributed by atoms with van der Waals surface area (Å²) in [5.74, 6) is -7.23. The number of benzene rings is 3. The van der Waals surface area contributed by atoms with Gasteiger partial charge in [0.2, 0.25) is 6.10 Å². The minimum atomic E-state index is -2.47. The monoisotopic (exact) mass is 937 g/mol. The van der Waals surface area contributed by atoms with Gasteiger partial charge in [-0.15, -0.1) is 0 Å². The van der Waals surface area contributed by atoms with Gasteiger partial charge in [-0.2, -0.15) is 0 Å². The van der Waals surface area contributed by atoms with Crippen molar-refractivity contribution in [3.63, 3.8) is 0 Å². The lowest BCUT2D eigenvalue weighted by atomic mass is 9.44. The lowest BCUT2D eigenvalue weighted by Gasteiger charge is -2.67. The summed E-state index contributed by atoms with van der Waals surface area (Å²) in [6.07, 6.45) is -12.3. The molecule has 360 valence electrons. The highest BCUT2D eigenvalue weighted by Gasteiger charge is 2.78. The summed E-state index contributed by atoms with van der Waals surface area (Å²) >= 11 is 0. The van der Waals surface area contributed by atoms with Gasteiger partial charge >= 0.3 is 30.0 Å². The summed E-state index contributed by atoms with van der Waals surface area (Å²) in [4.78, 5) is 98.5. The van der Waals surface area contributed by atoms with Gasteiger partial charge in [0.1, 0.15) is 35.7 Å². The average Bonchev–Trinajstić information content (AvgIpc) is 3.28. The van der Waals surface area contributed by atoms with Crippen molar-refractivity contribution in [1.29, 1.82) is 0 Å². The molecule has 4 aliphatic rings. The molecular weight excluding hydrogens is 883 g/mol. The van der Waals surface area contributed by atoms with Crippen molar-refractivity contribution in [2.24, 2.45) is 16.7 Å². The number of hydrogen-bond acceptors (Lipinski definition) is 16. The van der Waals surface area contributed by atoms with Crippen LogP contribution in [-0.4, -0.2) is 106 Å². The SMILES string of the molecule is C=C(C)OC(=O)O[C@@H](C(=O)O[C@H]1C[C@@]2(O)[C@@H](OC(=O)c3ccccc3)C3[C@]4(OC(C)=O)COC4C[C@H](O)[C@@]3(C)C(=O)[C@H](OC(C)=O)C(=C1C)C2(C)C)[C@@H](NC(=O)c1ccccc1)c1ccccc1. The van der Waals surface area contributed by atoms with Crippen molar-refractivity contribution < 1.29 is 76.9 Å². The van der Waals surface area contributed by atoms with Gasteiger partial charge in [-0.3, -0.25) is 19.2 Å². The summed E-state index contributed by atoms with van der Waals surface area (Å²) in [7, 11) is 0. The number of fused-ring (bicyclic) bond motifs is 5. The Labute approximate surface area is 392 Å². The number of carbonyl (C=O) groups is 7. The number of carbonyl (C=O) groups excluding carboxylic acids is 7. The first-order valence-corrected chi connectivity index (χ1v) is 22.1. The highest BCUT2D eigenvalue weighted by atomic mass is 16.7. The van der Waals surface area contributed by atoms with Gasteiger partial charge < -0.3 is 48.7 Å². The van der Waals surface area contributed by atoms with E-state index in [9.17, 15) is 34.2 Å². The Morgan fingerprint density at radius 2 is 1.41 bits per heavy atom. The fraction of sp³-hybridized carbons (Fsp3) is 0.431. The molecule has 3 aromatic rings. The number of Topliss-reactive ketones (excluding diaryl/α,β-unsaturated/α-hetero) is 1. The zero-order valence-electron chi connectivity index (χ0n) is 38.7. The largest absolute Gasteiger partial charge is 0.514 e. The van der Waals surface area contributed by atoms with E-state index in [2.05, 4.69) is 11.9 Å².